The van der Waals surface area contributed by atoms with Crippen LogP contribution in [-0.2, 0) is 4.74 Å². The summed E-state index contributed by atoms with van der Waals surface area (Å²) in [6.07, 6.45) is 1.21. The van der Waals surface area contributed by atoms with Gasteiger partial charge in [-0.2, -0.15) is 0 Å². The molecule has 0 saturated carbocycles. The predicted molar refractivity (Wildman–Crippen MR) is 65.2 cm³/mol. The average molecular weight is 309 g/mol. The molecule has 0 fully saturated rings. The Morgan fingerprint density at radius 3 is 2.64 bits per heavy atom. The van der Waals surface area contributed by atoms with E-state index in [2.05, 4.69) is 41.4 Å². The van der Waals surface area contributed by atoms with Crippen molar-refractivity contribution in [1.82, 2.24) is 0 Å². The molecule has 3 nitrogen and oxygen atoms in total. The lowest BCUT2D eigenvalue weighted by Gasteiger charge is -2.24. The molecule has 80 valence electrons. The lowest BCUT2D eigenvalue weighted by molar-refractivity contribution is 0.121. The van der Waals surface area contributed by atoms with Gasteiger partial charge in [-0.25, -0.2) is 4.79 Å². The number of rotatable bonds is 5. The SMILES string of the molecule is CC#CC(CI)(CCC)COC(N)=O. The molecule has 0 bridgehead atoms. The Bertz CT molecular complexity index is 244. The van der Waals surface area contributed by atoms with E-state index in [4.69, 9.17) is 10.5 Å². The summed E-state index contributed by atoms with van der Waals surface area (Å²) in [4.78, 5) is 10.5. The average Bonchev–Trinajstić information content (AvgIpc) is 2.15. The third-order valence-corrected chi connectivity index (χ3v) is 3.33. The fourth-order valence-electron chi connectivity index (χ4n) is 1.26. The Kier molecular flexibility index (Phi) is 6.71. The van der Waals surface area contributed by atoms with Crippen molar-refractivity contribution in [3.8, 4) is 11.8 Å². The fraction of sp³-hybridized carbons (Fsp3) is 0.700. The molecule has 0 rings (SSSR count). The van der Waals surface area contributed by atoms with Crippen molar-refractivity contribution in [2.45, 2.75) is 26.7 Å². The van der Waals surface area contributed by atoms with Crippen LogP contribution in [0.4, 0.5) is 4.79 Å². The molecule has 0 spiro atoms. The van der Waals surface area contributed by atoms with Gasteiger partial charge in [0, 0.05) is 4.43 Å². The number of hydrogen-bond donors (Lipinski definition) is 1. The summed E-state index contributed by atoms with van der Waals surface area (Å²) in [5, 5.41) is 0. The van der Waals surface area contributed by atoms with Gasteiger partial charge >= 0.3 is 6.09 Å². The van der Waals surface area contributed by atoms with Crippen LogP contribution in [0.15, 0.2) is 0 Å². The summed E-state index contributed by atoms with van der Waals surface area (Å²) >= 11 is 2.26. The van der Waals surface area contributed by atoms with E-state index in [1.807, 2.05) is 0 Å². The minimum Gasteiger partial charge on any atom is -0.448 e. The molecule has 0 aromatic carbocycles. The maximum atomic E-state index is 10.5. The topological polar surface area (TPSA) is 52.3 Å². The van der Waals surface area contributed by atoms with Crippen molar-refractivity contribution >= 4 is 28.7 Å². The second-order valence-electron chi connectivity index (χ2n) is 3.15. The number of hydrogen-bond acceptors (Lipinski definition) is 2. The maximum Gasteiger partial charge on any atom is 0.404 e. The van der Waals surface area contributed by atoms with Gasteiger partial charge in [-0.3, -0.25) is 0 Å². The zero-order chi connectivity index (χ0) is 11.0. The van der Waals surface area contributed by atoms with Gasteiger partial charge in [-0.1, -0.05) is 41.9 Å². The molecule has 1 amide bonds. The summed E-state index contributed by atoms with van der Waals surface area (Å²) in [5.74, 6) is 5.99. The van der Waals surface area contributed by atoms with Gasteiger partial charge in [0.2, 0.25) is 0 Å². The Labute approximate surface area is 98.9 Å². The van der Waals surface area contributed by atoms with Crippen LogP contribution in [-0.4, -0.2) is 17.1 Å². The van der Waals surface area contributed by atoms with Gasteiger partial charge in [0.25, 0.3) is 0 Å². The van der Waals surface area contributed by atoms with Crippen molar-refractivity contribution < 1.29 is 9.53 Å². The standard InChI is InChI=1S/C10H16INO2/c1-3-5-10(7-11,6-4-2)8-14-9(12)13/h3,5,7-8H2,1-2H3,(H2,12,13). The molecule has 1 unspecified atom stereocenters. The molecular weight excluding hydrogens is 293 g/mol. The number of halogens is 1. The lowest BCUT2D eigenvalue weighted by Crippen LogP contribution is -2.30. The maximum absolute atomic E-state index is 10.5. The van der Waals surface area contributed by atoms with Crippen molar-refractivity contribution in [1.29, 1.82) is 0 Å². The molecule has 0 radical (unpaired) electrons. The molecule has 0 aliphatic rings. The Balaban J connectivity index is 4.46. The van der Waals surface area contributed by atoms with Crippen molar-refractivity contribution in [3.05, 3.63) is 0 Å². The zero-order valence-corrected chi connectivity index (χ0v) is 10.8. The zero-order valence-electron chi connectivity index (χ0n) is 8.60. The number of carbonyl (C=O) groups excluding carboxylic acids is 1. The van der Waals surface area contributed by atoms with E-state index in [0.29, 0.717) is 6.61 Å². The Morgan fingerprint density at radius 1 is 1.64 bits per heavy atom. The summed E-state index contributed by atoms with van der Waals surface area (Å²) in [7, 11) is 0. The molecular formula is C10H16INO2. The van der Waals surface area contributed by atoms with Gasteiger partial charge in [-0.15, -0.1) is 5.92 Å². The normalized spacial score (nSPS) is 13.6. The number of nitrogens with two attached hydrogens (primary N) is 1. The summed E-state index contributed by atoms with van der Waals surface area (Å²) in [6.45, 7) is 4.17. The highest BCUT2D eigenvalue weighted by Gasteiger charge is 2.27. The smallest absolute Gasteiger partial charge is 0.404 e. The lowest BCUT2D eigenvalue weighted by atomic mass is 9.87. The van der Waals surface area contributed by atoms with Crippen LogP contribution in [0.25, 0.3) is 0 Å². The summed E-state index contributed by atoms with van der Waals surface area (Å²) in [6, 6.07) is 0. The molecule has 1 atom stereocenters. The molecule has 0 aromatic rings. The fourth-order valence-corrected chi connectivity index (χ4v) is 2.05. The summed E-state index contributed by atoms with van der Waals surface area (Å²) in [5.41, 5.74) is 4.71. The van der Waals surface area contributed by atoms with Gasteiger partial charge in [0.15, 0.2) is 0 Å². The van der Waals surface area contributed by atoms with E-state index < -0.39 is 6.09 Å². The molecule has 0 aliphatic carbocycles. The van der Waals surface area contributed by atoms with E-state index in [-0.39, 0.29) is 5.41 Å². The first-order valence-corrected chi connectivity index (χ1v) is 6.05. The quantitative estimate of drug-likeness (QED) is 0.481. The minimum atomic E-state index is -0.728. The van der Waals surface area contributed by atoms with E-state index in [0.717, 1.165) is 17.3 Å². The van der Waals surface area contributed by atoms with Crippen LogP contribution in [0.2, 0.25) is 0 Å². The van der Waals surface area contributed by atoms with Crippen LogP contribution >= 0.6 is 22.6 Å². The predicted octanol–water partition coefficient (Wildman–Crippen LogP) is 2.33. The highest BCUT2D eigenvalue weighted by molar-refractivity contribution is 14.1. The third kappa shape index (κ3) is 4.70. The van der Waals surface area contributed by atoms with E-state index in [1.165, 1.54) is 0 Å². The Morgan fingerprint density at radius 2 is 2.29 bits per heavy atom. The second-order valence-corrected chi connectivity index (χ2v) is 3.91. The Hall–Kier alpha value is -0.440. The molecule has 4 heteroatoms. The van der Waals surface area contributed by atoms with Crippen LogP contribution in [0.3, 0.4) is 0 Å². The van der Waals surface area contributed by atoms with Gasteiger partial charge in [-0.05, 0) is 13.3 Å². The van der Waals surface area contributed by atoms with Gasteiger partial charge in [0.05, 0.1) is 5.41 Å². The first-order valence-electron chi connectivity index (χ1n) is 4.52. The van der Waals surface area contributed by atoms with Crippen molar-refractivity contribution in [2.24, 2.45) is 11.1 Å². The molecule has 0 saturated heterocycles. The number of alkyl halides is 1. The van der Waals surface area contributed by atoms with Crippen LogP contribution < -0.4 is 5.73 Å². The van der Waals surface area contributed by atoms with Gasteiger partial charge in [0.1, 0.15) is 6.61 Å². The van der Waals surface area contributed by atoms with Gasteiger partial charge < -0.3 is 10.5 Å². The minimum absolute atomic E-state index is 0.223. The van der Waals surface area contributed by atoms with Crippen LogP contribution in [0.1, 0.15) is 26.7 Å². The highest BCUT2D eigenvalue weighted by atomic mass is 127. The monoisotopic (exact) mass is 309 g/mol. The first-order chi connectivity index (χ1) is 6.60. The summed E-state index contributed by atoms with van der Waals surface area (Å²) < 4.78 is 5.67. The second kappa shape index (κ2) is 6.93. The number of primary amides is 1. The van der Waals surface area contributed by atoms with Crippen LogP contribution in [0, 0.1) is 17.3 Å². The van der Waals surface area contributed by atoms with E-state index in [1.54, 1.807) is 6.92 Å². The molecule has 0 aliphatic heterocycles. The molecule has 14 heavy (non-hydrogen) atoms. The molecule has 0 aromatic heterocycles. The van der Waals surface area contributed by atoms with E-state index >= 15 is 0 Å². The van der Waals surface area contributed by atoms with Crippen molar-refractivity contribution in [3.63, 3.8) is 0 Å². The number of carbonyl (C=O) groups is 1. The largest absolute Gasteiger partial charge is 0.448 e. The first kappa shape index (κ1) is 13.6. The molecule has 0 heterocycles. The molecule has 2 N–H and O–H groups in total. The van der Waals surface area contributed by atoms with Crippen LogP contribution in [0.5, 0.6) is 0 Å². The van der Waals surface area contributed by atoms with E-state index in [9.17, 15) is 4.79 Å². The number of amides is 1. The number of ether oxygens (including phenoxy) is 1. The highest BCUT2D eigenvalue weighted by Crippen LogP contribution is 2.26. The van der Waals surface area contributed by atoms with Crippen molar-refractivity contribution in [2.75, 3.05) is 11.0 Å². The third-order valence-electron chi connectivity index (χ3n) is 1.87.